The van der Waals surface area contributed by atoms with Gasteiger partial charge in [-0.3, -0.25) is 9.59 Å². The monoisotopic (exact) mass is 574 g/mol. The van der Waals surface area contributed by atoms with Gasteiger partial charge in [0.05, 0.1) is 17.7 Å². The van der Waals surface area contributed by atoms with Crippen LogP contribution in [0.25, 0.3) is 5.69 Å². The molecule has 0 aliphatic carbocycles. The second-order valence-corrected chi connectivity index (χ2v) is 11.0. The van der Waals surface area contributed by atoms with E-state index in [0.29, 0.717) is 34.8 Å². The number of fused-ring (bicyclic) bond motifs is 1. The Labute approximate surface area is 235 Å². The number of sulfonamides is 1. The van der Waals surface area contributed by atoms with E-state index in [1.54, 1.807) is 60.7 Å². The first-order valence-electron chi connectivity index (χ1n) is 12.5. The van der Waals surface area contributed by atoms with Crippen molar-refractivity contribution in [2.24, 2.45) is 5.73 Å². The van der Waals surface area contributed by atoms with Crippen molar-refractivity contribution in [3.63, 3.8) is 0 Å². The number of hydrogen-bond donors (Lipinski definition) is 3. The molecule has 1 aromatic heterocycles. The molecule has 0 atom stereocenters. The zero-order valence-electron chi connectivity index (χ0n) is 22.1. The average molecular weight is 575 g/mol. The number of urea groups is 1. The number of nitrogens with one attached hydrogen (secondary N) is 2. The van der Waals surface area contributed by atoms with Crippen molar-refractivity contribution in [3.8, 4) is 11.4 Å². The lowest BCUT2D eigenvalue weighted by Gasteiger charge is -2.28. The zero-order chi connectivity index (χ0) is 29.3. The molecule has 0 saturated carbocycles. The standard InChI is InChI=1S/C28H26N6O6S/c1-17-3-13-22(14-4-17)41(38,39)32-28(37)30-18-5-7-19(8-6-18)33-16-15-23-24(26(29)35)31-34(25(23)27(33)36)20-9-11-21(40-2)12-10-20/h3-14H,15-16H2,1-2H3,(H2,29,35)(H2,30,32,37). The van der Waals surface area contributed by atoms with Gasteiger partial charge in [-0.1, -0.05) is 17.7 Å². The van der Waals surface area contributed by atoms with Gasteiger partial charge in [-0.2, -0.15) is 5.10 Å². The van der Waals surface area contributed by atoms with Gasteiger partial charge in [0, 0.05) is 23.5 Å². The number of nitrogens with zero attached hydrogens (tertiary/aromatic N) is 3. The molecule has 1 aliphatic heterocycles. The van der Waals surface area contributed by atoms with E-state index in [-0.39, 0.29) is 28.7 Å². The highest BCUT2D eigenvalue weighted by Gasteiger charge is 2.34. The number of aryl methyl sites for hydroxylation is 1. The van der Waals surface area contributed by atoms with Gasteiger partial charge in [-0.25, -0.2) is 22.6 Å². The van der Waals surface area contributed by atoms with Gasteiger partial charge in [-0.05, 0) is 74.0 Å². The quantitative estimate of drug-likeness (QED) is 0.305. The van der Waals surface area contributed by atoms with Crippen LogP contribution in [0.2, 0.25) is 0 Å². The van der Waals surface area contributed by atoms with E-state index in [2.05, 4.69) is 10.4 Å². The molecule has 0 saturated heterocycles. The Morgan fingerprint density at radius 3 is 2.20 bits per heavy atom. The number of anilines is 2. The van der Waals surface area contributed by atoms with Crippen molar-refractivity contribution in [1.82, 2.24) is 14.5 Å². The van der Waals surface area contributed by atoms with Crippen molar-refractivity contribution in [3.05, 3.63) is 95.3 Å². The molecule has 210 valence electrons. The molecule has 41 heavy (non-hydrogen) atoms. The number of carbonyl (C=O) groups excluding carboxylic acids is 3. The molecule has 0 unspecified atom stereocenters. The first-order chi connectivity index (χ1) is 19.6. The smallest absolute Gasteiger partial charge is 0.333 e. The van der Waals surface area contributed by atoms with Gasteiger partial charge in [0.15, 0.2) is 5.69 Å². The van der Waals surface area contributed by atoms with Gasteiger partial charge in [0.1, 0.15) is 11.4 Å². The highest BCUT2D eigenvalue weighted by molar-refractivity contribution is 7.90. The summed E-state index contributed by atoms with van der Waals surface area (Å²) in [6.45, 7) is 2.09. The zero-order valence-corrected chi connectivity index (χ0v) is 22.9. The molecule has 2 heterocycles. The predicted molar refractivity (Wildman–Crippen MR) is 151 cm³/mol. The Bertz CT molecular complexity index is 1750. The predicted octanol–water partition coefficient (Wildman–Crippen LogP) is 3.00. The number of amides is 4. The van der Waals surface area contributed by atoms with E-state index in [1.807, 2.05) is 11.6 Å². The Morgan fingerprint density at radius 2 is 1.59 bits per heavy atom. The minimum atomic E-state index is -4.06. The number of ether oxygens (including phenoxy) is 1. The Kier molecular flexibility index (Phi) is 7.20. The summed E-state index contributed by atoms with van der Waals surface area (Å²) in [5, 5.41) is 6.83. The van der Waals surface area contributed by atoms with Crippen LogP contribution in [0, 0.1) is 6.92 Å². The summed E-state index contributed by atoms with van der Waals surface area (Å²) in [5.41, 5.74) is 8.57. The molecule has 4 amide bonds. The number of methoxy groups -OCH3 is 1. The molecule has 4 aromatic rings. The first-order valence-corrected chi connectivity index (χ1v) is 13.9. The highest BCUT2D eigenvalue weighted by atomic mass is 32.2. The molecule has 4 N–H and O–H groups in total. The van der Waals surface area contributed by atoms with Crippen molar-refractivity contribution >= 4 is 39.2 Å². The summed E-state index contributed by atoms with van der Waals surface area (Å²) < 4.78 is 33.6. The normalized spacial score (nSPS) is 12.9. The maximum absolute atomic E-state index is 13.7. The van der Waals surface area contributed by atoms with Crippen LogP contribution in [-0.2, 0) is 16.4 Å². The lowest BCUT2D eigenvalue weighted by molar-refractivity contribution is 0.0972. The van der Waals surface area contributed by atoms with Crippen LogP contribution >= 0.6 is 0 Å². The summed E-state index contributed by atoms with van der Waals surface area (Å²) in [6.07, 6.45) is 0.342. The highest BCUT2D eigenvalue weighted by Crippen LogP contribution is 2.30. The van der Waals surface area contributed by atoms with Crippen LogP contribution in [0.4, 0.5) is 16.2 Å². The number of hydrogen-bond acceptors (Lipinski definition) is 7. The molecule has 0 spiro atoms. The maximum Gasteiger partial charge on any atom is 0.333 e. The summed E-state index contributed by atoms with van der Waals surface area (Å²) in [7, 11) is -2.52. The van der Waals surface area contributed by atoms with Crippen molar-refractivity contribution in [1.29, 1.82) is 0 Å². The fourth-order valence-electron chi connectivity index (χ4n) is 4.49. The van der Waals surface area contributed by atoms with E-state index in [4.69, 9.17) is 10.5 Å². The maximum atomic E-state index is 13.7. The molecular weight excluding hydrogens is 548 g/mol. The van der Waals surface area contributed by atoms with Crippen molar-refractivity contribution in [2.45, 2.75) is 18.2 Å². The van der Waals surface area contributed by atoms with Gasteiger partial charge in [0.2, 0.25) is 0 Å². The van der Waals surface area contributed by atoms with Crippen molar-refractivity contribution in [2.75, 3.05) is 23.9 Å². The molecule has 3 aromatic carbocycles. The molecule has 0 bridgehead atoms. The van der Waals surface area contributed by atoms with Crippen molar-refractivity contribution < 1.29 is 27.5 Å². The number of primary amides is 1. The Hall–Kier alpha value is -5.17. The van der Waals surface area contributed by atoms with Gasteiger partial charge < -0.3 is 20.7 Å². The molecule has 13 heteroatoms. The number of nitrogens with two attached hydrogens (primary N) is 1. The molecule has 0 radical (unpaired) electrons. The summed E-state index contributed by atoms with van der Waals surface area (Å²) in [4.78, 5) is 39.7. The van der Waals surface area contributed by atoms with E-state index in [9.17, 15) is 22.8 Å². The molecular formula is C28H26N6O6S. The number of aromatic nitrogens is 2. The molecule has 12 nitrogen and oxygen atoms in total. The third kappa shape index (κ3) is 5.47. The molecule has 0 fully saturated rings. The second kappa shape index (κ2) is 10.8. The van der Waals surface area contributed by atoms with E-state index >= 15 is 0 Å². The summed E-state index contributed by atoms with van der Waals surface area (Å²) in [5.74, 6) is -0.495. The topological polar surface area (TPSA) is 166 Å². The molecule has 1 aliphatic rings. The SMILES string of the molecule is COc1ccc(-n2nc(C(N)=O)c3c2C(=O)N(c2ccc(NC(=O)NS(=O)(=O)c4ccc(C)cc4)cc2)CC3)cc1. The van der Waals surface area contributed by atoms with Crippen LogP contribution in [0.15, 0.2) is 77.7 Å². The van der Waals surface area contributed by atoms with Crippen LogP contribution in [0.5, 0.6) is 5.75 Å². The van der Waals surface area contributed by atoms with E-state index in [0.717, 1.165) is 5.56 Å². The number of rotatable bonds is 7. The van der Waals surface area contributed by atoms with E-state index in [1.165, 1.54) is 28.8 Å². The number of carbonyl (C=O) groups is 3. The second-order valence-electron chi connectivity index (χ2n) is 9.28. The summed E-state index contributed by atoms with van der Waals surface area (Å²) >= 11 is 0. The lowest BCUT2D eigenvalue weighted by Crippen LogP contribution is -2.39. The first kappa shape index (κ1) is 27.4. The molecule has 5 rings (SSSR count). The minimum absolute atomic E-state index is 0.0370. The third-order valence-corrected chi connectivity index (χ3v) is 7.91. The fourth-order valence-corrected chi connectivity index (χ4v) is 5.40. The van der Waals surface area contributed by atoms with Crippen LogP contribution in [0.3, 0.4) is 0 Å². The Morgan fingerprint density at radius 1 is 0.951 bits per heavy atom. The fraction of sp³-hybridized carbons (Fsp3) is 0.143. The number of benzene rings is 3. The van der Waals surface area contributed by atoms with Gasteiger partial charge in [-0.15, -0.1) is 0 Å². The lowest BCUT2D eigenvalue weighted by atomic mass is 10.0. The van der Waals surface area contributed by atoms with Crippen LogP contribution < -0.4 is 25.4 Å². The van der Waals surface area contributed by atoms with Gasteiger partial charge >= 0.3 is 6.03 Å². The summed E-state index contributed by atoms with van der Waals surface area (Å²) in [6, 6.07) is 18.4. The van der Waals surface area contributed by atoms with E-state index < -0.39 is 22.0 Å². The van der Waals surface area contributed by atoms with Crippen LogP contribution in [-0.4, -0.2) is 49.7 Å². The minimum Gasteiger partial charge on any atom is -0.497 e. The average Bonchev–Trinajstić information content (AvgIpc) is 3.35. The van der Waals surface area contributed by atoms with Crippen LogP contribution in [0.1, 0.15) is 32.1 Å². The third-order valence-electron chi connectivity index (χ3n) is 6.56. The Balaban J connectivity index is 1.35. The largest absolute Gasteiger partial charge is 0.497 e. The van der Waals surface area contributed by atoms with Gasteiger partial charge in [0.25, 0.3) is 21.8 Å².